The summed E-state index contributed by atoms with van der Waals surface area (Å²) in [4.78, 5) is 11.5. The minimum Gasteiger partial charge on any atom is -0.482 e. The van der Waals surface area contributed by atoms with Crippen molar-refractivity contribution >= 4 is 17.5 Å². The molecule has 0 spiro atoms. The molecule has 5 heteroatoms. The van der Waals surface area contributed by atoms with E-state index in [0.29, 0.717) is 22.9 Å². The van der Waals surface area contributed by atoms with Crippen LogP contribution in [0.3, 0.4) is 0 Å². The lowest BCUT2D eigenvalue weighted by molar-refractivity contribution is -0.123. The molecular weight excluding hydrogens is 276 g/mol. The molecule has 3 rings (SSSR count). The van der Waals surface area contributed by atoms with Gasteiger partial charge < -0.3 is 15.4 Å². The highest BCUT2D eigenvalue weighted by atomic mass is 35.5. The molecule has 0 bridgehead atoms. The van der Waals surface area contributed by atoms with Gasteiger partial charge in [-0.25, -0.2) is 0 Å². The third-order valence-corrected chi connectivity index (χ3v) is 3.77. The number of nitrogens with one attached hydrogen (secondary N) is 2. The molecule has 1 aromatic carbocycles. The first-order chi connectivity index (χ1) is 9.70. The summed E-state index contributed by atoms with van der Waals surface area (Å²) in [7, 11) is 0. The van der Waals surface area contributed by atoms with Crippen LogP contribution in [0.1, 0.15) is 31.2 Å². The second-order valence-electron chi connectivity index (χ2n) is 5.55. The second-order valence-corrected chi connectivity index (χ2v) is 5.96. The van der Waals surface area contributed by atoms with Crippen LogP contribution in [0, 0.1) is 0 Å². The fraction of sp³-hybridized carbons (Fsp3) is 0.533. The number of carbonyl (C=O) groups is 1. The van der Waals surface area contributed by atoms with Crippen molar-refractivity contribution in [3.8, 4) is 5.75 Å². The van der Waals surface area contributed by atoms with E-state index in [4.69, 9.17) is 16.3 Å². The van der Waals surface area contributed by atoms with E-state index in [2.05, 4.69) is 10.6 Å². The Balaban J connectivity index is 1.48. The van der Waals surface area contributed by atoms with Gasteiger partial charge in [0.25, 0.3) is 5.91 Å². The molecule has 2 N–H and O–H groups in total. The van der Waals surface area contributed by atoms with Crippen LogP contribution >= 0.6 is 11.6 Å². The largest absolute Gasteiger partial charge is 0.482 e. The topological polar surface area (TPSA) is 50.4 Å². The van der Waals surface area contributed by atoms with E-state index >= 15 is 0 Å². The molecule has 2 fully saturated rings. The molecule has 2 aliphatic carbocycles. The zero-order chi connectivity index (χ0) is 13.9. The quantitative estimate of drug-likeness (QED) is 0.811. The summed E-state index contributed by atoms with van der Waals surface area (Å²) < 4.78 is 5.46. The van der Waals surface area contributed by atoms with Crippen molar-refractivity contribution in [2.45, 2.75) is 44.3 Å². The molecule has 0 heterocycles. The number of hydrogen-bond acceptors (Lipinski definition) is 3. The Kier molecular flexibility index (Phi) is 4.13. The van der Waals surface area contributed by atoms with Gasteiger partial charge in [0.1, 0.15) is 5.75 Å². The first-order valence-electron chi connectivity index (χ1n) is 7.14. The summed E-state index contributed by atoms with van der Waals surface area (Å²) in [6.07, 6.45) is 4.69. The van der Waals surface area contributed by atoms with Gasteiger partial charge in [0.05, 0.1) is 5.02 Å². The molecule has 1 aromatic rings. The van der Waals surface area contributed by atoms with Gasteiger partial charge in [-0.3, -0.25) is 4.79 Å². The number of ether oxygens (including phenoxy) is 1. The zero-order valence-corrected chi connectivity index (χ0v) is 12.1. The van der Waals surface area contributed by atoms with Gasteiger partial charge in [-0.2, -0.15) is 0 Å². The SMILES string of the molecule is O=C(COc1ccc(CNC2CC2)cc1Cl)NC1CC1. The zero-order valence-electron chi connectivity index (χ0n) is 11.3. The number of carbonyl (C=O) groups excluding carboxylic acids is 1. The second kappa shape index (κ2) is 6.02. The monoisotopic (exact) mass is 294 g/mol. The highest BCUT2D eigenvalue weighted by Gasteiger charge is 2.23. The van der Waals surface area contributed by atoms with Gasteiger partial charge >= 0.3 is 0 Å². The summed E-state index contributed by atoms with van der Waals surface area (Å²) >= 11 is 6.18. The van der Waals surface area contributed by atoms with E-state index in [-0.39, 0.29) is 12.5 Å². The summed E-state index contributed by atoms with van der Waals surface area (Å²) in [5.41, 5.74) is 1.14. The van der Waals surface area contributed by atoms with E-state index in [1.54, 1.807) is 0 Å². The molecule has 0 aliphatic heterocycles. The third kappa shape index (κ3) is 4.12. The molecule has 0 unspecified atom stereocenters. The first kappa shape index (κ1) is 13.7. The fourth-order valence-electron chi connectivity index (χ4n) is 1.96. The van der Waals surface area contributed by atoms with Crippen LogP contribution in [-0.2, 0) is 11.3 Å². The molecule has 4 nitrogen and oxygen atoms in total. The normalized spacial score (nSPS) is 17.9. The maximum Gasteiger partial charge on any atom is 0.258 e. The molecule has 0 radical (unpaired) electrons. The van der Waals surface area contributed by atoms with Crippen LogP contribution in [0.2, 0.25) is 5.02 Å². The predicted molar refractivity (Wildman–Crippen MR) is 78.0 cm³/mol. The smallest absolute Gasteiger partial charge is 0.258 e. The average molecular weight is 295 g/mol. The van der Waals surface area contributed by atoms with Crippen molar-refractivity contribution in [1.82, 2.24) is 10.6 Å². The third-order valence-electron chi connectivity index (χ3n) is 3.47. The van der Waals surface area contributed by atoms with Gasteiger partial charge in [0.2, 0.25) is 0 Å². The van der Waals surface area contributed by atoms with Crippen LogP contribution in [0.15, 0.2) is 18.2 Å². The Bertz CT molecular complexity index is 499. The molecule has 20 heavy (non-hydrogen) atoms. The maximum absolute atomic E-state index is 11.5. The average Bonchev–Trinajstić information content (AvgIpc) is 3.30. The molecule has 2 aliphatic rings. The van der Waals surface area contributed by atoms with Crippen molar-refractivity contribution in [1.29, 1.82) is 0 Å². The summed E-state index contributed by atoms with van der Waals surface area (Å²) in [6, 6.07) is 6.74. The summed E-state index contributed by atoms with van der Waals surface area (Å²) in [6.45, 7) is 0.850. The lowest BCUT2D eigenvalue weighted by atomic mass is 10.2. The van der Waals surface area contributed by atoms with Crippen LogP contribution < -0.4 is 15.4 Å². The van der Waals surface area contributed by atoms with E-state index in [1.807, 2.05) is 18.2 Å². The van der Waals surface area contributed by atoms with Crippen LogP contribution in [-0.4, -0.2) is 24.6 Å². The number of hydrogen-bond donors (Lipinski definition) is 2. The first-order valence-corrected chi connectivity index (χ1v) is 7.52. The van der Waals surface area contributed by atoms with Crippen LogP contribution in [0.5, 0.6) is 5.75 Å². The molecule has 0 aromatic heterocycles. The van der Waals surface area contributed by atoms with Gasteiger partial charge in [0, 0.05) is 18.6 Å². The lowest BCUT2D eigenvalue weighted by Crippen LogP contribution is -2.30. The van der Waals surface area contributed by atoms with Crippen LogP contribution in [0.25, 0.3) is 0 Å². The molecule has 2 saturated carbocycles. The Morgan fingerprint density at radius 1 is 1.25 bits per heavy atom. The van der Waals surface area contributed by atoms with E-state index in [1.165, 1.54) is 12.8 Å². The van der Waals surface area contributed by atoms with Crippen LogP contribution in [0.4, 0.5) is 0 Å². The molecule has 1 amide bonds. The van der Waals surface area contributed by atoms with Gasteiger partial charge in [-0.1, -0.05) is 17.7 Å². The predicted octanol–water partition coefficient (Wildman–Crippen LogP) is 2.25. The highest BCUT2D eigenvalue weighted by molar-refractivity contribution is 6.32. The van der Waals surface area contributed by atoms with Crippen molar-refractivity contribution in [2.24, 2.45) is 0 Å². The Labute approximate surface area is 123 Å². The Hall–Kier alpha value is -1.26. The maximum atomic E-state index is 11.5. The minimum atomic E-state index is -0.0805. The van der Waals surface area contributed by atoms with Crippen molar-refractivity contribution < 1.29 is 9.53 Å². The van der Waals surface area contributed by atoms with Gasteiger partial charge in [-0.05, 0) is 43.4 Å². The minimum absolute atomic E-state index is 0.0237. The lowest BCUT2D eigenvalue weighted by Gasteiger charge is -2.10. The van der Waals surface area contributed by atoms with Crippen molar-refractivity contribution in [3.63, 3.8) is 0 Å². The number of amides is 1. The summed E-state index contributed by atoms with van der Waals surface area (Å²) in [5, 5.41) is 6.87. The molecule has 0 saturated heterocycles. The standard InChI is InChI=1S/C15H19ClN2O2/c16-13-7-10(8-17-11-2-3-11)1-6-14(13)20-9-15(19)18-12-4-5-12/h1,6-7,11-12,17H,2-5,8-9H2,(H,18,19). The van der Waals surface area contributed by atoms with Crippen molar-refractivity contribution in [3.05, 3.63) is 28.8 Å². The fourth-order valence-corrected chi connectivity index (χ4v) is 2.22. The van der Waals surface area contributed by atoms with Crippen molar-refractivity contribution in [2.75, 3.05) is 6.61 Å². The summed E-state index contributed by atoms with van der Waals surface area (Å²) in [5.74, 6) is 0.482. The van der Waals surface area contributed by atoms with E-state index < -0.39 is 0 Å². The van der Waals surface area contributed by atoms with Gasteiger partial charge in [-0.15, -0.1) is 0 Å². The number of benzene rings is 1. The molecular formula is C15H19ClN2O2. The molecule has 108 valence electrons. The van der Waals surface area contributed by atoms with E-state index in [0.717, 1.165) is 24.9 Å². The molecule has 0 atom stereocenters. The Morgan fingerprint density at radius 3 is 2.65 bits per heavy atom. The van der Waals surface area contributed by atoms with Gasteiger partial charge in [0.15, 0.2) is 6.61 Å². The number of rotatable bonds is 7. The highest BCUT2D eigenvalue weighted by Crippen LogP contribution is 2.26. The van der Waals surface area contributed by atoms with E-state index in [9.17, 15) is 4.79 Å². The Morgan fingerprint density at radius 2 is 2.00 bits per heavy atom. The number of halogens is 1.